The molecule has 6 heteroatoms. The lowest BCUT2D eigenvalue weighted by atomic mass is 10.2. The summed E-state index contributed by atoms with van der Waals surface area (Å²) in [6.45, 7) is 5.72. The fourth-order valence-electron chi connectivity index (χ4n) is 3.64. The zero-order chi connectivity index (χ0) is 19.2. The van der Waals surface area contributed by atoms with Crippen LogP contribution in [0, 0.1) is 6.92 Å². The summed E-state index contributed by atoms with van der Waals surface area (Å²) in [4.78, 5) is 34.6. The van der Waals surface area contributed by atoms with E-state index in [1.165, 1.54) is 18.4 Å². The van der Waals surface area contributed by atoms with Crippen LogP contribution in [0.15, 0.2) is 18.2 Å². The van der Waals surface area contributed by atoms with E-state index in [-0.39, 0.29) is 30.7 Å². The van der Waals surface area contributed by atoms with Gasteiger partial charge in [-0.15, -0.1) is 0 Å². The Bertz CT molecular complexity index is 791. The molecule has 146 valence electrons. The lowest BCUT2D eigenvalue weighted by molar-refractivity contribution is -0.133. The number of rotatable bonds is 6. The molecule has 0 radical (unpaired) electrons. The molecular formula is C21H30N4O2. The molecule has 0 aliphatic carbocycles. The van der Waals surface area contributed by atoms with Gasteiger partial charge in [-0.3, -0.25) is 9.59 Å². The molecule has 1 atom stereocenters. The van der Waals surface area contributed by atoms with Crippen molar-refractivity contribution >= 4 is 22.8 Å². The highest BCUT2D eigenvalue weighted by atomic mass is 16.2. The Morgan fingerprint density at radius 1 is 1.19 bits per heavy atom. The molecular weight excluding hydrogens is 340 g/mol. The predicted octanol–water partition coefficient (Wildman–Crippen LogP) is 3.62. The van der Waals surface area contributed by atoms with E-state index in [1.807, 2.05) is 30.9 Å². The molecule has 2 aromatic rings. The molecule has 2 amide bonds. The molecule has 2 N–H and O–H groups in total. The van der Waals surface area contributed by atoms with Crippen molar-refractivity contribution in [1.82, 2.24) is 20.2 Å². The van der Waals surface area contributed by atoms with Crippen molar-refractivity contribution in [3.63, 3.8) is 0 Å². The topological polar surface area (TPSA) is 78.1 Å². The van der Waals surface area contributed by atoms with Crippen LogP contribution in [0.2, 0.25) is 0 Å². The first-order chi connectivity index (χ1) is 13.1. The number of nitrogens with zero attached hydrogens (tertiary/aromatic N) is 2. The second kappa shape index (κ2) is 9.02. The number of likely N-dealkylation sites (tertiary alicyclic amines) is 1. The van der Waals surface area contributed by atoms with Crippen LogP contribution >= 0.6 is 0 Å². The minimum Gasteiger partial charge on any atom is -0.346 e. The van der Waals surface area contributed by atoms with Gasteiger partial charge >= 0.3 is 0 Å². The Kier molecular flexibility index (Phi) is 6.48. The fourth-order valence-corrected chi connectivity index (χ4v) is 3.64. The van der Waals surface area contributed by atoms with Crippen LogP contribution in [0.1, 0.15) is 69.3 Å². The summed E-state index contributed by atoms with van der Waals surface area (Å²) in [6, 6.07) is 5.90. The minimum atomic E-state index is -0.168. The number of aryl methyl sites for hydroxylation is 1. The zero-order valence-corrected chi connectivity index (χ0v) is 16.4. The summed E-state index contributed by atoms with van der Waals surface area (Å²) in [5.74, 6) is 0.770. The van der Waals surface area contributed by atoms with Crippen LogP contribution in [-0.2, 0) is 9.59 Å². The number of aromatic nitrogens is 2. The standard InChI is InChI=1S/C21H30N4O2/c1-3-16(21-23-17-9-8-15(2)14-18(17)24-21)22-19(26)10-11-20(27)25-12-6-4-5-7-13-25/h8-9,14,16H,3-7,10-13H2,1-2H3,(H,22,26)(H,23,24). The van der Waals surface area contributed by atoms with E-state index in [4.69, 9.17) is 0 Å². The highest BCUT2D eigenvalue weighted by molar-refractivity contribution is 5.84. The number of imidazole rings is 1. The molecule has 1 aliphatic heterocycles. The summed E-state index contributed by atoms with van der Waals surface area (Å²) in [5, 5.41) is 3.03. The SMILES string of the molecule is CCC(NC(=O)CCC(=O)N1CCCCCC1)c1nc2ccc(C)cc2[nH]1. The van der Waals surface area contributed by atoms with E-state index in [9.17, 15) is 9.59 Å². The number of H-pyrrole nitrogens is 1. The highest BCUT2D eigenvalue weighted by Crippen LogP contribution is 2.20. The molecule has 27 heavy (non-hydrogen) atoms. The second-order valence-corrected chi connectivity index (χ2v) is 7.47. The summed E-state index contributed by atoms with van der Waals surface area (Å²) in [7, 11) is 0. The summed E-state index contributed by atoms with van der Waals surface area (Å²) < 4.78 is 0. The number of fused-ring (bicyclic) bond motifs is 1. The number of benzene rings is 1. The van der Waals surface area contributed by atoms with Gasteiger partial charge in [0.25, 0.3) is 0 Å². The van der Waals surface area contributed by atoms with E-state index >= 15 is 0 Å². The molecule has 0 bridgehead atoms. The van der Waals surface area contributed by atoms with Gasteiger partial charge in [0, 0.05) is 25.9 Å². The van der Waals surface area contributed by atoms with Crippen molar-refractivity contribution < 1.29 is 9.59 Å². The molecule has 1 aliphatic rings. The number of carbonyl (C=O) groups is 2. The number of hydrogen-bond donors (Lipinski definition) is 2. The van der Waals surface area contributed by atoms with Gasteiger partial charge in [0.1, 0.15) is 5.82 Å². The Labute approximate surface area is 160 Å². The molecule has 0 saturated carbocycles. The smallest absolute Gasteiger partial charge is 0.223 e. The van der Waals surface area contributed by atoms with Gasteiger partial charge in [-0.2, -0.15) is 0 Å². The van der Waals surface area contributed by atoms with E-state index in [1.54, 1.807) is 0 Å². The number of hydrogen-bond acceptors (Lipinski definition) is 3. The van der Waals surface area contributed by atoms with Crippen molar-refractivity contribution in [3.8, 4) is 0 Å². The van der Waals surface area contributed by atoms with Gasteiger partial charge in [-0.05, 0) is 43.9 Å². The number of aromatic amines is 1. The summed E-state index contributed by atoms with van der Waals surface area (Å²) in [5.41, 5.74) is 3.05. The largest absolute Gasteiger partial charge is 0.346 e. The summed E-state index contributed by atoms with van der Waals surface area (Å²) >= 11 is 0. The zero-order valence-electron chi connectivity index (χ0n) is 16.4. The van der Waals surface area contributed by atoms with E-state index in [0.717, 1.165) is 49.2 Å². The van der Waals surface area contributed by atoms with Gasteiger partial charge in [-0.1, -0.05) is 25.8 Å². The van der Waals surface area contributed by atoms with Gasteiger partial charge in [0.15, 0.2) is 0 Å². The third-order valence-corrected chi connectivity index (χ3v) is 5.25. The lowest BCUT2D eigenvalue weighted by Gasteiger charge is -2.20. The Morgan fingerprint density at radius 3 is 2.63 bits per heavy atom. The maximum atomic E-state index is 12.4. The van der Waals surface area contributed by atoms with Gasteiger partial charge in [-0.25, -0.2) is 4.98 Å². The molecule has 0 spiro atoms. The second-order valence-electron chi connectivity index (χ2n) is 7.47. The van der Waals surface area contributed by atoms with E-state index in [2.05, 4.69) is 21.4 Å². The van der Waals surface area contributed by atoms with Crippen molar-refractivity contribution in [1.29, 1.82) is 0 Å². The molecule has 1 unspecified atom stereocenters. The third-order valence-electron chi connectivity index (χ3n) is 5.25. The van der Waals surface area contributed by atoms with E-state index < -0.39 is 0 Å². The van der Waals surface area contributed by atoms with Crippen molar-refractivity contribution in [3.05, 3.63) is 29.6 Å². The molecule has 1 aromatic heterocycles. The van der Waals surface area contributed by atoms with Crippen LogP contribution < -0.4 is 5.32 Å². The first kappa shape index (κ1) is 19.4. The van der Waals surface area contributed by atoms with Gasteiger partial charge in [0.2, 0.25) is 11.8 Å². The maximum absolute atomic E-state index is 12.4. The molecule has 2 heterocycles. The molecule has 1 aromatic carbocycles. The monoisotopic (exact) mass is 370 g/mol. The average molecular weight is 370 g/mol. The molecule has 3 rings (SSSR count). The van der Waals surface area contributed by atoms with Crippen LogP contribution in [0.5, 0.6) is 0 Å². The molecule has 6 nitrogen and oxygen atoms in total. The first-order valence-corrected chi connectivity index (χ1v) is 10.1. The Morgan fingerprint density at radius 2 is 1.93 bits per heavy atom. The normalized spacial score (nSPS) is 16.1. The quantitative estimate of drug-likeness (QED) is 0.815. The number of carbonyl (C=O) groups excluding carboxylic acids is 2. The lowest BCUT2D eigenvalue weighted by Crippen LogP contribution is -2.34. The predicted molar refractivity (Wildman–Crippen MR) is 106 cm³/mol. The van der Waals surface area contributed by atoms with Crippen LogP contribution in [0.4, 0.5) is 0 Å². The Hall–Kier alpha value is -2.37. The van der Waals surface area contributed by atoms with Crippen molar-refractivity contribution in [2.75, 3.05) is 13.1 Å². The minimum absolute atomic E-state index is 0.0957. The van der Waals surface area contributed by atoms with Gasteiger partial charge < -0.3 is 15.2 Å². The van der Waals surface area contributed by atoms with Crippen LogP contribution in [0.25, 0.3) is 11.0 Å². The molecule has 1 saturated heterocycles. The number of amides is 2. The van der Waals surface area contributed by atoms with Gasteiger partial charge in [0.05, 0.1) is 17.1 Å². The van der Waals surface area contributed by atoms with E-state index in [0.29, 0.717) is 0 Å². The first-order valence-electron chi connectivity index (χ1n) is 10.1. The summed E-state index contributed by atoms with van der Waals surface area (Å²) in [6.07, 6.45) is 5.78. The van der Waals surface area contributed by atoms with Crippen LogP contribution in [0.3, 0.4) is 0 Å². The van der Waals surface area contributed by atoms with Crippen molar-refractivity contribution in [2.24, 2.45) is 0 Å². The fraction of sp³-hybridized carbons (Fsp3) is 0.571. The molecule has 1 fully saturated rings. The Balaban J connectivity index is 1.55. The number of nitrogens with one attached hydrogen (secondary N) is 2. The third kappa shape index (κ3) is 5.08. The maximum Gasteiger partial charge on any atom is 0.223 e. The van der Waals surface area contributed by atoms with Crippen molar-refractivity contribution in [2.45, 2.75) is 64.8 Å². The van der Waals surface area contributed by atoms with Crippen LogP contribution in [-0.4, -0.2) is 39.8 Å². The highest BCUT2D eigenvalue weighted by Gasteiger charge is 2.19. The average Bonchev–Trinajstić information content (AvgIpc) is 2.88.